The predicted octanol–water partition coefficient (Wildman–Crippen LogP) is 2.96. The number of rotatable bonds is 4. The van der Waals surface area contributed by atoms with Gasteiger partial charge in [0.1, 0.15) is 5.75 Å². The molecule has 2 aromatic carbocycles. The molecule has 0 spiro atoms. The van der Waals surface area contributed by atoms with Crippen LogP contribution in [0.4, 0.5) is 8.78 Å². The van der Waals surface area contributed by atoms with E-state index in [4.69, 9.17) is 14.2 Å². The average molecular weight is 292 g/mol. The van der Waals surface area contributed by atoms with E-state index in [9.17, 15) is 13.6 Å². The molecule has 0 aliphatic carbocycles. The second kappa shape index (κ2) is 5.40. The Morgan fingerprint density at radius 2 is 1.86 bits per heavy atom. The lowest BCUT2D eigenvalue weighted by Crippen LogP contribution is -2.11. The molecule has 0 aromatic heterocycles. The lowest BCUT2D eigenvalue weighted by molar-refractivity contribution is 0.0920. The maximum absolute atomic E-state index is 13.0. The number of Topliss-reactive ketones (excluding diaryl/α,β-unsaturated/α-hetero) is 1. The number of halogens is 2. The Labute approximate surface area is 118 Å². The molecule has 1 aliphatic heterocycles. The van der Waals surface area contributed by atoms with Crippen molar-refractivity contribution in [2.45, 2.75) is 0 Å². The first-order valence-corrected chi connectivity index (χ1v) is 6.14. The van der Waals surface area contributed by atoms with Gasteiger partial charge in [0.15, 0.2) is 35.5 Å². The highest BCUT2D eigenvalue weighted by molar-refractivity contribution is 5.97. The van der Waals surface area contributed by atoms with Gasteiger partial charge < -0.3 is 14.2 Å². The minimum absolute atomic E-state index is 0.0861. The summed E-state index contributed by atoms with van der Waals surface area (Å²) in [6, 6.07) is 7.86. The van der Waals surface area contributed by atoms with E-state index in [1.807, 2.05) is 0 Å². The highest BCUT2D eigenvalue weighted by Crippen LogP contribution is 2.32. The molecule has 21 heavy (non-hydrogen) atoms. The maximum Gasteiger partial charge on any atom is 0.231 e. The van der Waals surface area contributed by atoms with Crippen molar-refractivity contribution in [3.8, 4) is 17.2 Å². The van der Waals surface area contributed by atoms with Crippen LogP contribution in [0.3, 0.4) is 0 Å². The molecule has 0 saturated carbocycles. The van der Waals surface area contributed by atoms with E-state index in [2.05, 4.69) is 0 Å². The first kappa shape index (κ1) is 13.4. The third kappa shape index (κ3) is 2.79. The molecule has 0 N–H and O–H groups in total. The van der Waals surface area contributed by atoms with Gasteiger partial charge in [-0.2, -0.15) is 0 Å². The van der Waals surface area contributed by atoms with Crippen LogP contribution >= 0.6 is 0 Å². The molecule has 0 atom stereocenters. The number of hydrogen-bond acceptors (Lipinski definition) is 4. The quantitative estimate of drug-likeness (QED) is 0.813. The van der Waals surface area contributed by atoms with Crippen LogP contribution < -0.4 is 14.2 Å². The van der Waals surface area contributed by atoms with Gasteiger partial charge in [-0.05, 0) is 30.3 Å². The standard InChI is InChI=1S/C15H10F2O4/c16-11-3-2-10(6-12(11)17)19-7-13(18)9-1-4-14-15(5-9)21-8-20-14/h1-6H,7-8H2. The van der Waals surface area contributed by atoms with Crippen LogP contribution in [0, 0.1) is 11.6 Å². The van der Waals surface area contributed by atoms with Gasteiger partial charge in [0, 0.05) is 11.6 Å². The van der Waals surface area contributed by atoms with Crippen molar-refractivity contribution >= 4 is 5.78 Å². The summed E-state index contributed by atoms with van der Waals surface area (Å²) in [4.78, 5) is 12.0. The molecule has 4 nitrogen and oxygen atoms in total. The van der Waals surface area contributed by atoms with Crippen molar-refractivity contribution in [3.63, 3.8) is 0 Å². The average Bonchev–Trinajstić information content (AvgIpc) is 2.95. The molecule has 1 aliphatic rings. The minimum atomic E-state index is -1.02. The first-order valence-electron chi connectivity index (χ1n) is 6.14. The van der Waals surface area contributed by atoms with Crippen molar-refractivity contribution in [1.29, 1.82) is 0 Å². The van der Waals surface area contributed by atoms with Gasteiger partial charge in [0.05, 0.1) is 0 Å². The van der Waals surface area contributed by atoms with Crippen molar-refractivity contribution in [3.05, 3.63) is 53.6 Å². The van der Waals surface area contributed by atoms with Crippen molar-refractivity contribution in [2.75, 3.05) is 13.4 Å². The molecule has 0 bridgehead atoms. The zero-order chi connectivity index (χ0) is 14.8. The van der Waals surface area contributed by atoms with Crippen molar-refractivity contribution in [2.24, 2.45) is 0 Å². The smallest absolute Gasteiger partial charge is 0.231 e. The van der Waals surface area contributed by atoms with Crippen LogP contribution in [0.2, 0.25) is 0 Å². The Bertz CT molecular complexity index is 700. The molecular formula is C15H10F2O4. The highest BCUT2D eigenvalue weighted by Gasteiger charge is 2.16. The number of benzene rings is 2. The van der Waals surface area contributed by atoms with Gasteiger partial charge in [-0.15, -0.1) is 0 Å². The summed E-state index contributed by atoms with van der Waals surface area (Å²) >= 11 is 0. The Hall–Kier alpha value is -2.63. The maximum atomic E-state index is 13.0. The number of carbonyl (C=O) groups excluding carboxylic acids is 1. The van der Waals surface area contributed by atoms with Crippen LogP contribution in [0.25, 0.3) is 0 Å². The molecular weight excluding hydrogens is 282 g/mol. The van der Waals surface area contributed by atoms with Gasteiger partial charge in [-0.25, -0.2) is 8.78 Å². The van der Waals surface area contributed by atoms with Crippen LogP contribution in [0.5, 0.6) is 17.2 Å². The second-order valence-electron chi connectivity index (χ2n) is 4.36. The van der Waals surface area contributed by atoms with E-state index < -0.39 is 11.6 Å². The Balaban J connectivity index is 1.67. The van der Waals surface area contributed by atoms with Crippen LogP contribution in [-0.4, -0.2) is 19.2 Å². The summed E-state index contributed by atoms with van der Waals surface area (Å²) in [5.74, 6) is -1.14. The summed E-state index contributed by atoms with van der Waals surface area (Å²) in [6.07, 6.45) is 0. The fraction of sp³-hybridized carbons (Fsp3) is 0.133. The van der Waals surface area contributed by atoms with Gasteiger partial charge >= 0.3 is 0 Å². The van der Waals surface area contributed by atoms with E-state index >= 15 is 0 Å². The Morgan fingerprint density at radius 3 is 2.67 bits per heavy atom. The van der Waals surface area contributed by atoms with Gasteiger partial charge in [0.25, 0.3) is 0 Å². The van der Waals surface area contributed by atoms with Gasteiger partial charge in [0.2, 0.25) is 6.79 Å². The van der Waals surface area contributed by atoms with Gasteiger partial charge in [-0.3, -0.25) is 4.79 Å². The van der Waals surface area contributed by atoms with Crippen molar-refractivity contribution in [1.82, 2.24) is 0 Å². The summed E-state index contributed by atoms with van der Waals surface area (Å²) in [6.45, 7) is -0.164. The zero-order valence-corrected chi connectivity index (χ0v) is 10.8. The van der Waals surface area contributed by atoms with E-state index in [1.165, 1.54) is 6.07 Å². The number of fused-ring (bicyclic) bond motifs is 1. The van der Waals surface area contributed by atoms with E-state index in [0.29, 0.717) is 17.1 Å². The minimum Gasteiger partial charge on any atom is -0.485 e. The molecule has 0 amide bonds. The predicted molar refractivity (Wildman–Crippen MR) is 68.7 cm³/mol. The molecule has 0 saturated heterocycles. The van der Waals surface area contributed by atoms with Crippen molar-refractivity contribution < 1.29 is 27.8 Å². The largest absolute Gasteiger partial charge is 0.485 e. The molecule has 0 radical (unpaired) electrons. The van der Waals surface area contributed by atoms with Crippen LogP contribution in [0.1, 0.15) is 10.4 Å². The van der Waals surface area contributed by atoms with E-state index in [-0.39, 0.29) is 24.9 Å². The summed E-state index contributed by atoms with van der Waals surface area (Å²) in [5, 5.41) is 0. The third-order valence-corrected chi connectivity index (χ3v) is 2.96. The topological polar surface area (TPSA) is 44.8 Å². The number of hydrogen-bond donors (Lipinski definition) is 0. The normalized spacial score (nSPS) is 12.3. The van der Waals surface area contributed by atoms with E-state index in [0.717, 1.165) is 12.1 Å². The first-order chi connectivity index (χ1) is 10.1. The number of ether oxygens (including phenoxy) is 3. The Kier molecular flexibility index (Phi) is 3.43. The summed E-state index contributed by atoms with van der Waals surface area (Å²) in [5.41, 5.74) is 0.391. The molecule has 2 aromatic rings. The molecule has 1 heterocycles. The molecule has 6 heteroatoms. The number of carbonyl (C=O) groups is 1. The van der Waals surface area contributed by atoms with Crippen LogP contribution in [0.15, 0.2) is 36.4 Å². The molecule has 0 unspecified atom stereocenters. The fourth-order valence-electron chi connectivity index (χ4n) is 1.87. The number of ketones is 1. The third-order valence-electron chi connectivity index (χ3n) is 2.96. The lowest BCUT2D eigenvalue weighted by atomic mass is 10.1. The van der Waals surface area contributed by atoms with Gasteiger partial charge in [-0.1, -0.05) is 0 Å². The summed E-state index contributed by atoms with van der Waals surface area (Å²) in [7, 11) is 0. The Morgan fingerprint density at radius 1 is 1.05 bits per heavy atom. The zero-order valence-electron chi connectivity index (χ0n) is 10.8. The van der Waals surface area contributed by atoms with Crippen LogP contribution in [-0.2, 0) is 0 Å². The van der Waals surface area contributed by atoms with E-state index in [1.54, 1.807) is 18.2 Å². The molecule has 3 rings (SSSR count). The SMILES string of the molecule is O=C(COc1ccc(F)c(F)c1)c1ccc2c(c1)OCO2. The monoisotopic (exact) mass is 292 g/mol. The molecule has 108 valence electrons. The molecule has 0 fully saturated rings. The lowest BCUT2D eigenvalue weighted by Gasteiger charge is -2.06. The highest BCUT2D eigenvalue weighted by atomic mass is 19.2. The fourth-order valence-corrected chi connectivity index (χ4v) is 1.87. The second-order valence-corrected chi connectivity index (χ2v) is 4.36. The summed E-state index contributed by atoms with van der Waals surface area (Å²) < 4.78 is 41.2.